The van der Waals surface area contributed by atoms with E-state index < -0.39 is 16.4 Å². The normalized spacial score (nSPS) is 15.4. The molecule has 1 heterocycles. The van der Waals surface area contributed by atoms with Gasteiger partial charge in [0.25, 0.3) is 0 Å². The van der Waals surface area contributed by atoms with Crippen molar-refractivity contribution in [1.82, 2.24) is 5.32 Å². The van der Waals surface area contributed by atoms with E-state index in [0.29, 0.717) is 3.61 Å². The Hall–Kier alpha value is -0.500. The molecule has 2 aromatic rings. The molecule has 2 N–H and O–H groups in total. The van der Waals surface area contributed by atoms with E-state index in [9.17, 15) is 8.27 Å². The van der Waals surface area contributed by atoms with Crippen molar-refractivity contribution in [2.24, 2.45) is 0 Å². The van der Waals surface area contributed by atoms with Crippen LogP contribution in [0.25, 0.3) is 10.8 Å². The van der Waals surface area contributed by atoms with Gasteiger partial charge in [0.15, 0.2) is 0 Å². The number of nitrogens with one attached hydrogen (secondary N) is 1. The molecule has 2 aromatic carbocycles. The Kier molecular flexibility index (Phi) is 5.54. The predicted molar refractivity (Wildman–Crippen MR) is 85.5 cm³/mol. The summed E-state index contributed by atoms with van der Waals surface area (Å²) in [6, 6.07) is 13.4. The van der Waals surface area contributed by atoms with Gasteiger partial charge in [-0.3, -0.25) is 4.79 Å². The zero-order valence-corrected chi connectivity index (χ0v) is 14.5. The van der Waals surface area contributed by atoms with Crippen molar-refractivity contribution >= 4 is 54.6 Å². The molecule has 0 saturated carbocycles. The number of benzene rings is 2. The first-order valence-corrected chi connectivity index (χ1v) is 14.3. The van der Waals surface area contributed by atoms with E-state index in [1.165, 1.54) is 0 Å². The van der Waals surface area contributed by atoms with Crippen LogP contribution in [0.2, 0.25) is 0 Å². The standard InChI is InChI=1S/C10H8Cl2OTe.C4H7NO/c11-14(12,13)10-7-3-5-8-4-1-2-6-9(8)10;6-4-2-1-3-5-4/h1-7,13H;1-3H2,(H,5,6). The number of fused-ring (bicyclic) bond motifs is 1. The van der Waals surface area contributed by atoms with Crippen molar-refractivity contribution in [2.45, 2.75) is 12.8 Å². The van der Waals surface area contributed by atoms with Crippen LogP contribution in [0.5, 0.6) is 0 Å². The van der Waals surface area contributed by atoms with Crippen LogP contribution >= 0.6 is 17.9 Å². The molecule has 0 radical (unpaired) electrons. The molecule has 0 bridgehead atoms. The molecule has 1 aliphatic heterocycles. The Labute approximate surface area is 129 Å². The molecular formula is C14H15Cl2NO2Te. The minimum atomic E-state index is -3.78. The topological polar surface area (TPSA) is 49.3 Å². The average Bonchev–Trinajstić information content (AvgIpc) is 2.89. The van der Waals surface area contributed by atoms with Gasteiger partial charge in [0.1, 0.15) is 0 Å². The van der Waals surface area contributed by atoms with Crippen molar-refractivity contribution in [3.63, 3.8) is 0 Å². The maximum atomic E-state index is 10.1. The molecule has 1 saturated heterocycles. The van der Waals surface area contributed by atoms with Gasteiger partial charge in [-0.2, -0.15) is 0 Å². The quantitative estimate of drug-likeness (QED) is 0.686. The van der Waals surface area contributed by atoms with E-state index in [-0.39, 0.29) is 5.91 Å². The van der Waals surface area contributed by atoms with Crippen LogP contribution in [0.3, 0.4) is 0 Å². The zero-order chi connectivity index (χ0) is 14.6. The van der Waals surface area contributed by atoms with Crippen LogP contribution in [0.15, 0.2) is 42.5 Å². The molecule has 1 amide bonds. The summed E-state index contributed by atoms with van der Waals surface area (Å²) in [5.41, 5.74) is 0. The van der Waals surface area contributed by atoms with Gasteiger partial charge in [-0.1, -0.05) is 0 Å². The summed E-state index contributed by atoms with van der Waals surface area (Å²) in [4.78, 5) is 10.1. The van der Waals surface area contributed by atoms with E-state index in [1.807, 2.05) is 36.4 Å². The predicted octanol–water partition coefficient (Wildman–Crippen LogP) is 2.35. The summed E-state index contributed by atoms with van der Waals surface area (Å²) in [5.74, 6) is 0.204. The van der Waals surface area contributed by atoms with E-state index in [1.54, 1.807) is 6.07 Å². The molecule has 1 aliphatic rings. The Balaban J connectivity index is 0.000000205. The molecule has 0 unspecified atom stereocenters. The molecule has 0 aliphatic carbocycles. The Morgan fingerprint density at radius 3 is 2.35 bits per heavy atom. The summed E-state index contributed by atoms with van der Waals surface area (Å²) in [5, 5.41) is 4.68. The number of rotatable bonds is 1. The number of carbonyl (C=O) groups is 1. The van der Waals surface area contributed by atoms with E-state index >= 15 is 0 Å². The van der Waals surface area contributed by atoms with Gasteiger partial charge in [0, 0.05) is 13.0 Å². The fourth-order valence-corrected chi connectivity index (χ4v) is 5.76. The van der Waals surface area contributed by atoms with Crippen LogP contribution in [0.1, 0.15) is 12.8 Å². The van der Waals surface area contributed by atoms with Gasteiger partial charge in [-0.25, -0.2) is 0 Å². The molecule has 20 heavy (non-hydrogen) atoms. The Bertz CT molecular complexity index is 600. The number of hydrogen-bond acceptors (Lipinski definition) is 2. The van der Waals surface area contributed by atoms with Gasteiger partial charge < -0.3 is 5.32 Å². The molecular weight excluding hydrogens is 413 g/mol. The van der Waals surface area contributed by atoms with Crippen LogP contribution in [-0.2, 0) is 4.79 Å². The van der Waals surface area contributed by atoms with Gasteiger partial charge in [-0.15, -0.1) is 0 Å². The molecule has 0 atom stereocenters. The first kappa shape index (κ1) is 15.9. The molecule has 108 valence electrons. The Morgan fingerprint density at radius 2 is 1.80 bits per heavy atom. The Morgan fingerprint density at radius 1 is 1.10 bits per heavy atom. The monoisotopic (exact) mass is 429 g/mol. The van der Waals surface area contributed by atoms with Crippen molar-refractivity contribution < 1.29 is 8.27 Å². The second kappa shape index (κ2) is 6.97. The van der Waals surface area contributed by atoms with Crippen molar-refractivity contribution in [3.8, 4) is 0 Å². The van der Waals surface area contributed by atoms with E-state index in [2.05, 4.69) is 5.32 Å². The van der Waals surface area contributed by atoms with Crippen molar-refractivity contribution in [2.75, 3.05) is 6.54 Å². The van der Waals surface area contributed by atoms with Gasteiger partial charge >= 0.3 is 94.6 Å². The summed E-state index contributed by atoms with van der Waals surface area (Å²) in [6.07, 6.45) is 1.76. The third-order valence-corrected chi connectivity index (χ3v) is 7.67. The molecule has 3 rings (SSSR count). The molecule has 0 aromatic heterocycles. The minimum absolute atomic E-state index is 0.204. The van der Waals surface area contributed by atoms with Crippen LogP contribution in [0.4, 0.5) is 0 Å². The summed E-state index contributed by atoms with van der Waals surface area (Å²) in [7, 11) is 11.7. The summed E-state index contributed by atoms with van der Waals surface area (Å²) in [6.45, 7) is 0.888. The van der Waals surface area contributed by atoms with E-state index in [4.69, 9.17) is 17.9 Å². The second-order valence-corrected chi connectivity index (χ2v) is 15.2. The zero-order valence-electron chi connectivity index (χ0n) is 10.7. The number of halogens is 2. The number of carbonyl (C=O) groups excluding carboxylic acids is 1. The van der Waals surface area contributed by atoms with Gasteiger partial charge in [0.05, 0.1) is 0 Å². The maximum absolute atomic E-state index is 10.1. The van der Waals surface area contributed by atoms with Gasteiger partial charge in [-0.05, 0) is 6.42 Å². The third kappa shape index (κ3) is 4.25. The summed E-state index contributed by atoms with van der Waals surface area (Å²) >= 11 is -3.78. The third-order valence-electron chi connectivity index (χ3n) is 2.92. The number of amides is 1. The van der Waals surface area contributed by atoms with E-state index in [0.717, 1.165) is 30.2 Å². The second-order valence-electron chi connectivity index (χ2n) is 4.37. The first-order valence-electron chi connectivity index (χ1n) is 6.18. The molecule has 3 nitrogen and oxygen atoms in total. The SMILES string of the molecule is O=C1CCCN1.O[Te](Cl)(Cl)c1cccc2ccccc12. The average molecular weight is 428 g/mol. The first-order chi connectivity index (χ1) is 9.48. The fraction of sp³-hybridized carbons (Fsp3) is 0.214. The fourth-order valence-electron chi connectivity index (χ4n) is 1.97. The molecule has 1 fully saturated rings. The van der Waals surface area contributed by atoms with Gasteiger partial charge in [0.2, 0.25) is 5.91 Å². The molecule has 6 heteroatoms. The van der Waals surface area contributed by atoms with Crippen LogP contribution < -0.4 is 8.93 Å². The van der Waals surface area contributed by atoms with Crippen molar-refractivity contribution in [3.05, 3.63) is 42.5 Å². The number of hydrogen-bond donors (Lipinski definition) is 2. The van der Waals surface area contributed by atoms with Crippen molar-refractivity contribution in [1.29, 1.82) is 0 Å². The van der Waals surface area contributed by atoms with Crippen LogP contribution in [-0.4, -0.2) is 32.3 Å². The molecule has 0 spiro atoms. The summed E-state index contributed by atoms with van der Waals surface area (Å²) < 4.78 is 10.4. The van der Waals surface area contributed by atoms with Crippen LogP contribution in [0, 0.1) is 0 Å².